The SMILES string of the molecule is C#CCN(CC=C)Cc1cnc(S(=O)(=O)CC)n1CCCC. The third-order valence-corrected chi connectivity index (χ3v) is 5.03. The molecule has 0 unspecified atom stereocenters. The van der Waals surface area contributed by atoms with Gasteiger partial charge < -0.3 is 4.57 Å². The Bertz CT molecular complexity index is 626. The van der Waals surface area contributed by atoms with Gasteiger partial charge in [0.15, 0.2) is 0 Å². The van der Waals surface area contributed by atoms with Crippen LogP contribution in [0.25, 0.3) is 0 Å². The van der Waals surface area contributed by atoms with Gasteiger partial charge in [-0.05, 0) is 6.42 Å². The number of hydrogen-bond acceptors (Lipinski definition) is 4. The van der Waals surface area contributed by atoms with Gasteiger partial charge in [0, 0.05) is 19.6 Å². The summed E-state index contributed by atoms with van der Waals surface area (Å²) >= 11 is 0. The molecule has 122 valence electrons. The molecule has 0 N–H and O–H groups in total. The van der Waals surface area contributed by atoms with Gasteiger partial charge >= 0.3 is 0 Å². The third-order valence-electron chi connectivity index (χ3n) is 3.38. The second-order valence-corrected chi connectivity index (χ2v) is 7.28. The summed E-state index contributed by atoms with van der Waals surface area (Å²) in [6.45, 7) is 9.79. The second-order valence-electron chi connectivity index (χ2n) is 5.10. The van der Waals surface area contributed by atoms with Crippen molar-refractivity contribution in [1.82, 2.24) is 14.5 Å². The molecule has 5 nitrogen and oxygen atoms in total. The molecule has 0 aliphatic rings. The van der Waals surface area contributed by atoms with Crippen LogP contribution in [-0.4, -0.2) is 41.7 Å². The van der Waals surface area contributed by atoms with E-state index in [4.69, 9.17) is 6.42 Å². The largest absolute Gasteiger partial charge is 0.318 e. The summed E-state index contributed by atoms with van der Waals surface area (Å²) in [6.07, 6.45) is 10.7. The van der Waals surface area contributed by atoms with Crippen LogP contribution in [0.1, 0.15) is 32.4 Å². The quantitative estimate of drug-likeness (QED) is 0.489. The molecule has 22 heavy (non-hydrogen) atoms. The number of imidazole rings is 1. The summed E-state index contributed by atoms with van der Waals surface area (Å²) in [6, 6.07) is 0. The Hall–Kier alpha value is -1.58. The smallest absolute Gasteiger partial charge is 0.227 e. The minimum Gasteiger partial charge on any atom is -0.318 e. The summed E-state index contributed by atoms with van der Waals surface area (Å²) in [5.41, 5.74) is 0.873. The van der Waals surface area contributed by atoms with Crippen LogP contribution in [0.4, 0.5) is 0 Å². The summed E-state index contributed by atoms with van der Waals surface area (Å²) in [5.74, 6) is 2.67. The fourth-order valence-electron chi connectivity index (χ4n) is 2.18. The van der Waals surface area contributed by atoms with E-state index in [-0.39, 0.29) is 10.9 Å². The van der Waals surface area contributed by atoms with Crippen LogP contribution in [0, 0.1) is 12.3 Å². The van der Waals surface area contributed by atoms with Gasteiger partial charge in [-0.25, -0.2) is 13.4 Å². The first kappa shape index (κ1) is 18.5. The molecular weight excluding hydrogens is 298 g/mol. The molecule has 0 radical (unpaired) electrons. The highest BCUT2D eigenvalue weighted by Crippen LogP contribution is 2.16. The van der Waals surface area contributed by atoms with Crippen molar-refractivity contribution in [3.63, 3.8) is 0 Å². The van der Waals surface area contributed by atoms with Crippen molar-refractivity contribution in [3.05, 3.63) is 24.5 Å². The first-order valence-corrected chi connectivity index (χ1v) is 9.19. The standard InChI is InChI=1S/C16H25N3O2S/c1-5-9-12-19-15(14-18(10-6-2)11-7-3)13-17-16(19)22(20,21)8-4/h2,7,13H,3,5,8-12,14H2,1,4H3. The summed E-state index contributed by atoms with van der Waals surface area (Å²) in [4.78, 5) is 6.18. The molecule has 0 saturated carbocycles. The van der Waals surface area contributed by atoms with E-state index in [1.807, 2.05) is 9.47 Å². The fourth-order valence-corrected chi connectivity index (χ4v) is 3.19. The predicted molar refractivity (Wildman–Crippen MR) is 89.2 cm³/mol. The maximum atomic E-state index is 12.2. The van der Waals surface area contributed by atoms with Gasteiger partial charge in [0.1, 0.15) is 0 Å². The Morgan fingerprint density at radius 1 is 1.50 bits per heavy atom. The average Bonchev–Trinajstić information content (AvgIpc) is 2.89. The van der Waals surface area contributed by atoms with Crippen molar-refractivity contribution in [3.8, 4) is 12.3 Å². The van der Waals surface area contributed by atoms with Gasteiger partial charge in [0.05, 0.1) is 24.2 Å². The Labute approximate surface area is 134 Å². The van der Waals surface area contributed by atoms with Crippen molar-refractivity contribution >= 4 is 9.84 Å². The van der Waals surface area contributed by atoms with Crippen molar-refractivity contribution < 1.29 is 8.42 Å². The topological polar surface area (TPSA) is 55.2 Å². The Kier molecular flexibility index (Phi) is 7.36. The number of sulfone groups is 1. The molecule has 1 aromatic rings. The monoisotopic (exact) mass is 323 g/mol. The first-order chi connectivity index (χ1) is 10.5. The highest BCUT2D eigenvalue weighted by molar-refractivity contribution is 7.91. The van der Waals surface area contributed by atoms with E-state index in [9.17, 15) is 8.42 Å². The maximum absolute atomic E-state index is 12.2. The summed E-state index contributed by atoms with van der Waals surface area (Å²) < 4.78 is 26.2. The molecule has 0 amide bonds. The number of aromatic nitrogens is 2. The van der Waals surface area contributed by atoms with Gasteiger partial charge in [-0.15, -0.1) is 13.0 Å². The van der Waals surface area contributed by atoms with E-state index >= 15 is 0 Å². The van der Waals surface area contributed by atoms with Gasteiger partial charge in [-0.1, -0.05) is 32.3 Å². The van der Waals surface area contributed by atoms with Crippen molar-refractivity contribution in [1.29, 1.82) is 0 Å². The molecule has 1 heterocycles. The van der Waals surface area contributed by atoms with Crippen LogP contribution >= 0.6 is 0 Å². The zero-order chi connectivity index (χ0) is 16.6. The zero-order valence-electron chi connectivity index (χ0n) is 13.5. The molecule has 0 saturated heterocycles. The fraction of sp³-hybridized carbons (Fsp3) is 0.562. The molecule has 6 heteroatoms. The number of unbranched alkanes of at least 4 members (excludes halogenated alkanes) is 1. The molecule has 0 atom stereocenters. The maximum Gasteiger partial charge on any atom is 0.227 e. The minimum atomic E-state index is -3.33. The molecule has 0 spiro atoms. The van der Waals surface area contributed by atoms with Gasteiger partial charge in [-0.2, -0.15) is 0 Å². The first-order valence-electron chi connectivity index (χ1n) is 7.54. The molecule has 1 aromatic heterocycles. The zero-order valence-corrected chi connectivity index (χ0v) is 14.3. The van der Waals surface area contributed by atoms with Crippen molar-refractivity contribution in [2.24, 2.45) is 0 Å². The van der Waals surface area contributed by atoms with Crippen LogP contribution in [-0.2, 0) is 22.9 Å². The van der Waals surface area contributed by atoms with Crippen molar-refractivity contribution in [2.75, 3.05) is 18.8 Å². The number of hydrogen-bond donors (Lipinski definition) is 0. The molecule has 1 rings (SSSR count). The van der Waals surface area contributed by atoms with Gasteiger partial charge in [0.25, 0.3) is 0 Å². The Balaban J connectivity index is 3.13. The minimum absolute atomic E-state index is 0.0519. The highest BCUT2D eigenvalue weighted by Gasteiger charge is 2.22. The molecule has 0 aliphatic heterocycles. The summed E-state index contributed by atoms with van der Waals surface area (Å²) in [7, 11) is -3.33. The lowest BCUT2D eigenvalue weighted by Crippen LogP contribution is -2.25. The lowest BCUT2D eigenvalue weighted by Gasteiger charge is -2.19. The van der Waals surface area contributed by atoms with Crippen LogP contribution < -0.4 is 0 Å². The molecule has 0 aromatic carbocycles. The average molecular weight is 323 g/mol. The second kappa shape index (κ2) is 8.76. The molecule has 0 aliphatic carbocycles. The van der Waals surface area contributed by atoms with Crippen LogP contribution in [0.15, 0.2) is 24.0 Å². The third kappa shape index (κ3) is 4.72. The number of terminal acetylenes is 1. The van der Waals surface area contributed by atoms with E-state index in [1.165, 1.54) is 0 Å². The van der Waals surface area contributed by atoms with E-state index in [0.717, 1.165) is 18.5 Å². The van der Waals surface area contributed by atoms with Crippen LogP contribution in [0.3, 0.4) is 0 Å². The van der Waals surface area contributed by atoms with E-state index < -0.39 is 9.84 Å². The molecule has 0 fully saturated rings. The van der Waals surface area contributed by atoms with Crippen LogP contribution in [0.5, 0.6) is 0 Å². The van der Waals surface area contributed by atoms with Gasteiger partial charge in [0.2, 0.25) is 15.0 Å². The molecular formula is C16H25N3O2S. The number of rotatable bonds is 10. The molecule has 0 bridgehead atoms. The van der Waals surface area contributed by atoms with E-state index in [0.29, 0.717) is 26.2 Å². The number of nitrogens with zero attached hydrogens (tertiary/aromatic N) is 3. The lowest BCUT2D eigenvalue weighted by atomic mass is 10.3. The van der Waals surface area contributed by atoms with Gasteiger partial charge in [-0.3, -0.25) is 4.90 Å². The lowest BCUT2D eigenvalue weighted by molar-refractivity contribution is 0.319. The van der Waals surface area contributed by atoms with Crippen LogP contribution in [0.2, 0.25) is 0 Å². The van der Waals surface area contributed by atoms with Crippen molar-refractivity contribution in [2.45, 2.75) is 44.9 Å². The predicted octanol–water partition coefficient (Wildman–Crippen LogP) is 2.10. The Morgan fingerprint density at radius 2 is 2.23 bits per heavy atom. The van der Waals surface area contributed by atoms with E-state index in [2.05, 4.69) is 24.4 Å². The Morgan fingerprint density at radius 3 is 2.77 bits per heavy atom. The van der Waals surface area contributed by atoms with E-state index in [1.54, 1.807) is 19.2 Å². The summed E-state index contributed by atoms with van der Waals surface area (Å²) in [5, 5.41) is 0.165. The normalized spacial score (nSPS) is 11.5. The highest BCUT2D eigenvalue weighted by atomic mass is 32.2.